The van der Waals surface area contributed by atoms with E-state index in [2.05, 4.69) is 16.1 Å². The molecule has 0 saturated heterocycles. The molecule has 1 aromatic carbocycles. The second-order valence-corrected chi connectivity index (χ2v) is 3.71. The number of aromatic nitrogens is 1. The second-order valence-electron chi connectivity index (χ2n) is 3.71. The highest BCUT2D eigenvalue weighted by Gasteiger charge is 2.04. The third-order valence-corrected chi connectivity index (χ3v) is 2.36. The quantitative estimate of drug-likeness (QED) is 0.392. The zero-order chi connectivity index (χ0) is 14.2. The molecule has 2 aromatic rings. The van der Waals surface area contributed by atoms with Crippen LogP contribution in [0.5, 0.6) is 17.4 Å². The summed E-state index contributed by atoms with van der Waals surface area (Å²) in [5.41, 5.74) is 0.572. The van der Waals surface area contributed by atoms with Crippen LogP contribution in [0.2, 0.25) is 0 Å². The third-order valence-electron chi connectivity index (χ3n) is 2.36. The lowest BCUT2D eigenvalue weighted by molar-refractivity contribution is 0.321. The molecule has 100 valence electrons. The van der Waals surface area contributed by atoms with Crippen molar-refractivity contribution < 1.29 is 14.7 Å². The maximum absolute atomic E-state index is 8.58. The Labute approximate surface area is 116 Å². The summed E-state index contributed by atoms with van der Waals surface area (Å²) >= 11 is 0. The number of benzene rings is 1. The van der Waals surface area contributed by atoms with E-state index in [1.165, 1.54) is 6.21 Å². The molecule has 0 aliphatic carbocycles. The Kier molecular flexibility index (Phi) is 4.57. The first-order valence-corrected chi connectivity index (χ1v) is 5.80. The van der Waals surface area contributed by atoms with Crippen molar-refractivity contribution in [3.63, 3.8) is 0 Å². The monoisotopic (exact) mass is 268 g/mol. The molecule has 0 saturated carbocycles. The van der Waals surface area contributed by atoms with Gasteiger partial charge in [-0.25, -0.2) is 4.98 Å². The molecule has 0 aliphatic rings. The van der Waals surface area contributed by atoms with Crippen LogP contribution >= 0.6 is 0 Å². The van der Waals surface area contributed by atoms with Crippen LogP contribution in [-0.2, 0) is 0 Å². The van der Waals surface area contributed by atoms with Crippen molar-refractivity contribution in [1.29, 1.82) is 0 Å². The van der Waals surface area contributed by atoms with Gasteiger partial charge in [0.05, 0.1) is 11.8 Å². The molecular formula is C15H12N2O3. The number of terminal acetylenes is 1. The minimum absolute atomic E-state index is 0.220. The number of rotatable bonds is 5. The van der Waals surface area contributed by atoms with Crippen LogP contribution in [0.4, 0.5) is 0 Å². The van der Waals surface area contributed by atoms with Gasteiger partial charge in [0.25, 0.3) is 0 Å². The summed E-state index contributed by atoms with van der Waals surface area (Å²) in [6, 6.07) is 10.4. The molecule has 2 rings (SSSR count). The van der Waals surface area contributed by atoms with E-state index >= 15 is 0 Å². The molecule has 0 atom stereocenters. The summed E-state index contributed by atoms with van der Waals surface area (Å²) in [4.78, 5) is 4.08. The lowest BCUT2D eigenvalue weighted by Gasteiger charge is -2.08. The van der Waals surface area contributed by atoms with Gasteiger partial charge in [0, 0.05) is 6.20 Å². The van der Waals surface area contributed by atoms with Crippen LogP contribution in [0.1, 0.15) is 5.56 Å². The molecule has 1 N–H and O–H groups in total. The fourth-order valence-electron chi connectivity index (χ4n) is 1.49. The van der Waals surface area contributed by atoms with Crippen LogP contribution < -0.4 is 9.47 Å². The molecule has 0 unspecified atom stereocenters. The molecule has 0 amide bonds. The van der Waals surface area contributed by atoms with E-state index in [0.717, 1.165) is 0 Å². The van der Waals surface area contributed by atoms with E-state index in [4.69, 9.17) is 21.1 Å². The van der Waals surface area contributed by atoms with Crippen molar-refractivity contribution in [3.05, 3.63) is 48.2 Å². The standard InChI is InChI=1S/C15H12N2O3/c1-2-10-19-13-5-7-14(8-6-13)20-15-12(11-17-18)4-3-9-16-15/h1,3-9,11,18H,10H2. The van der Waals surface area contributed by atoms with Gasteiger partial charge in [-0.05, 0) is 36.4 Å². The fourth-order valence-corrected chi connectivity index (χ4v) is 1.49. The van der Waals surface area contributed by atoms with E-state index in [-0.39, 0.29) is 6.61 Å². The van der Waals surface area contributed by atoms with Gasteiger partial charge in [-0.15, -0.1) is 6.42 Å². The molecule has 0 spiro atoms. The summed E-state index contributed by atoms with van der Waals surface area (Å²) < 4.78 is 10.9. The van der Waals surface area contributed by atoms with Crippen molar-refractivity contribution in [3.8, 4) is 29.7 Å². The highest BCUT2D eigenvalue weighted by atomic mass is 16.5. The van der Waals surface area contributed by atoms with E-state index in [1.807, 2.05) is 0 Å². The summed E-state index contributed by atoms with van der Waals surface area (Å²) in [7, 11) is 0. The van der Waals surface area contributed by atoms with Gasteiger partial charge >= 0.3 is 0 Å². The first-order chi connectivity index (χ1) is 9.83. The first kappa shape index (κ1) is 13.4. The minimum atomic E-state index is 0.220. The first-order valence-electron chi connectivity index (χ1n) is 5.80. The van der Waals surface area contributed by atoms with Crippen molar-refractivity contribution >= 4 is 6.21 Å². The summed E-state index contributed by atoms with van der Waals surface area (Å²) in [5.74, 6) is 3.99. The van der Waals surface area contributed by atoms with Crippen LogP contribution in [-0.4, -0.2) is 23.0 Å². The summed E-state index contributed by atoms with van der Waals surface area (Å²) in [6.07, 6.45) is 7.96. The van der Waals surface area contributed by atoms with Gasteiger partial charge in [-0.2, -0.15) is 0 Å². The average molecular weight is 268 g/mol. The summed E-state index contributed by atoms with van der Waals surface area (Å²) in [6.45, 7) is 0.220. The Morgan fingerprint density at radius 1 is 1.25 bits per heavy atom. The van der Waals surface area contributed by atoms with Gasteiger partial charge in [-0.3, -0.25) is 0 Å². The maximum Gasteiger partial charge on any atom is 0.228 e. The topological polar surface area (TPSA) is 63.9 Å². The molecular weight excluding hydrogens is 256 g/mol. The Morgan fingerprint density at radius 2 is 2.00 bits per heavy atom. The van der Waals surface area contributed by atoms with Crippen LogP contribution in [0.3, 0.4) is 0 Å². The second kappa shape index (κ2) is 6.81. The number of pyridine rings is 1. The highest BCUT2D eigenvalue weighted by molar-refractivity contribution is 5.82. The van der Waals surface area contributed by atoms with Gasteiger partial charge in [-0.1, -0.05) is 11.1 Å². The van der Waals surface area contributed by atoms with Gasteiger partial charge < -0.3 is 14.7 Å². The highest BCUT2D eigenvalue weighted by Crippen LogP contribution is 2.24. The SMILES string of the molecule is C#CCOc1ccc(Oc2ncccc2C=NO)cc1. The van der Waals surface area contributed by atoms with E-state index in [9.17, 15) is 0 Å². The van der Waals surface area contributed by atoms with Crippen LogP contribution in [0, 0.1) is 12.3 Å². The number of ether oxygens (including phenoxy) is 2. The molecule has 0 radical (unpaired) electrons. The molecule has 20 heavy (non-hydrogen) atoms. The summed E-state index contributed by atoms with van der Waals surface area (Å²) in [5, 5.41) is 11.6. The fraction of sp³-hybridized carbons (Fsp3) is 0.0667. The van der Waals surface area contributed by atoms with E-state index in [0.29, 0.717) is 22.9 Å². The lowest BCUT2D eigenvalue weighted by atomic mass is 10.3. The average Bonchev–Trinajstić information content (AvgIpc) is 2.49. The van der Waals surface area contributed by atoms with Gasteiger partial charge in [0.15, 0.2) is 0 Å². The minimum Gasteiger partial charge on any atom is -0.481 e. The van der Waals surface area contributed by atoms with Crippen molar-refractivity contribution in [2.45, 2.75) is 0 Å². The Bertz CT molecular complexity index is 630. The molecule has 0 bridgehead atoms. The van der Waals surface area contributed by atoms with E-state index in [1.54, 1.807) is 42.6 Å². The van der Waals surface area contributed by atoms with Crippen molar-refractivity contribution in [2.24, 2.45) is 5.16 Å². The number of nitrogens with zero attached hydrogens (tertiary/aromatic N) is 2. The van der Waals surface area contributed by atoms with Crippen molar-refractivity contribution in [1.82, 2.24) is 4.98 Å². The third kappa shape index (κ3) is 3.50. The van der Waals surface area contributed by atoms with Crippen molar-refractivity contribution in [2.75, 3.05) is 6.61 Å². The number of hydrogen-bond acceptors (Lipinski definition) is 5. The normalized spacial score (nSPS) is 10.2. The number of hydrogen-bond donors (Lipinski definition) is 1. The number of oxime groups is 1. The van der Waals surface area contributed by atoms with Gasteiger partial charge in [0.1, 0.15) is 18.1 Å². The predicted octanol–water partition coefficient (Wildman–Crippen LogP) is 2.69. The Balaban J connectivity index is 2.12. The molecule has 1 heterocycles. The van der Waals surface area contributed by atoms with Gasteiger partial charge in [0.2, 0.25) is 5.88 Å². The van der Waals surface area contributed by atoms with Crippen LogP contribution in [0.25, 0.3) is 0 Å². The maximum atomic E-state index is 8.58. The van der Waals surface area contributed by atoms with E-state index < -0.39 is 0 Å². The largest absolute Gasteiger partial charge is 0.481 e. The van der Waals surface area contributed by atoms with Crippen LogP contribution in [0.15, 0.2) is 47.8 Å². The zero-order valence-corrected chi connectivity index (χ0v) is 10.6. The Hall–Kier alpha value is -3.00. The smallest absolute Gasteiger partial charge is 0.228 e. The molecule has 1 aromatic heterocycles. The predicted molar refractivity (Wildman–Crippen MR) is 74.5 cm³/mol. The Morgan fingerprint density at radius 3 is 2.70 bits per heavy atom. The molecule has 0 aliphatic heterocycles. The molecule has 0 fully saturated rings. The zero-order valence-electron chi connectivity index (χ0n) is 10.6. The lowest BCUT2D eigenvalue weighted by Crippen LogP contribution is -1.95. The molecule has 5 heteroatoms. The molecule has 5 nitrogen and oxygen atoms in total.